The Hall–Kier alpha value is -2.54. The molecule has 1 aromatic heterocycles. The van der Waals surface area contributed by atoms with Gasteiger partial charge < -0.3 is 14.2 Å². The lowest BCUT2D eigenvalue weighted by Crippen LogP contribution is -2.04. The Labute approximate surface area is 174 Å². The maximum atomic E-state index is 12.3. The molecule has 0 radical (unpaired) electrons. The highest BCUT2D eigenvalue weighted by Gasteiger charge is 2.28. The summed E-state index contributed by atoms with van der Waals surface area (Å²) in [5, 5.41) is 1.63. The van der Waals surface area contributed by atoms with E-state index in [-0.39, 0.29) is 11.6 Å². The summed E-state index contributed by atoms with van der Waals surface area (Å²) in [6.45, 7) is 0. The van der Waals surface area contributed by atoms with Crippen LogP contribution < -0.4 is 9.47 Å². The van der Waals surface area contributed by atoms with Crippen LogP contribution in [0.5, 0.6) is 11.5 Å². The summed E-state index contributed by atoms with van der Waals surface area (Å²) < 4.78 is 16.5. The van der Waals surface area contributed by atoms with Crippen LogP contribution in [0.4, 0.5) is 0 Å². The number of aliphatic imine (C=N–C) groups is 1. The van der Waals surface area contributed by atoms with Crippen molar-refractivity contribution >= 4 is 62.6 Å². The van der Waals surface area contributed by atoms with E-state index in [9.17, 15) is 4.79 Å². The van der Waals surface area contributed by atoms with Gasteiger partial charge in [0.1, 0.15) is 21.4 Å². The summed E-state index contributed by atoms with van der Waals surface area (Å²) in [4.78, 5) is 17.2. The number of hydrogen-bond acceptors (Lipinski definition) is 6. The van der Waals surface area contributed by atoms with E-state index in [0.717, 1.165) is 15.6 Å². The molecule has 3 aromatic rings. The molecule has 28 heavy (non-hydrogen) atoms. The monoisotopic (exact) mass is 433 g/mol. The molecule has 0 N–H and O–H groups in total. The first-order valence-electron chi connectivity index (χ1n) is 8.13. The van der Waals surface area contributed by atoms with Gasteiger partial charge >= 0.3 is 5.97 Å². The van der Waals surface area contributed by atoms with Crippen LogP contribution in [0.3, 0.4) is 0 Å². The second-order valence-corrected chi connectivity index (χ2v) is 7.59. The molecule has 4 rings (SSSR count). The maximum Gasteiger partial charge on any atom is 0.363 e. The van der Waals surface area contributed by atoms with Crippen LogP contribution in [0.15, 0.2) is 47.1 Å². The van der Waals surface area contributed by atoms with Gasteiger partial charge in [-0.05, 0) is 35.9 Å². The largest absolute Gasteiger partial charge is 0.497 e. The molecule has 0 aliphatic carbocycles. The number of carbonyl (C=O) groups is 1. The molecule has 0 bridgehead atoms. The van der Waals surface area contributed by atoms with Gasteiger partial charge in [-0.15, -0.1) is 11.3 Å². The first kappa shape index (κ1) is 18.8. The Morgan fingerprint density at radius 3 is 2.68 bits per heavy atom. The summed E-state index contributed by atoms with van der Waals surface area (Å²) in [5.41, 5.74) is 0.951. The minimum atomic E-state index is -0.546. The van der Waals surface area contributed by atoms with E-state index < -0.39 is 5.97 Å². The first-order valence-corrected chi connectivity index (χ1v) is 9.70. The topological polar surface area (TPSA) is 57.1 Å². The van der Waals surface area contributed by atoms with Crippen molar-refractivity contribution in [2.75, 3.05) is 14.2 Å². The van der Waals surface area contributed by atoms with E-state index in [1.807, 2.05) is 24.3 Å². The number of ether oxygens (including phenoxy) is 3. The van der Waals surface area contributed by atoms with Gasteiger partial charge in [-0.2, -0.15) is 0 Å². The van der Waals surface area contributed by atoms with Crippen LogP contribution in [-0.4, -0.2) is 26.1 Å². The molecule has 0 atom stereocenters. The molecular formula is C20H13Cl2NO4S. The second kappa shape index (κ2) is 7.47. The molecule has 0 saturated carbocycles. The Morgan fingerprint density at radius 1 is 1.11 bits per heavy atom. The normalized spacial score (nSPS) is 15.1. The number of fused-ring (bicyclic) bond motifs is 1. The molecule has 0 unspecified atom stereocenters. The molecule has 2 aromatic carbocycles. The number of hydrogen-bond donors (Lipinski definition) is 0. The van der Waals surface area contributed by atoms with Gasteiger partial charge in [0, 0.05) is 5.39 Å². The Bertz CT molecular complexity index is 1170. The molecule has 8 heteroatoms. The van der Waals surface area contributed by atoms with Crippen molar-refractivity contribution in [1.29, 1.82) is 0 Å². The highest BCUT2D eigenvalue weighted by Crippen LogP contribution is 2.44. The highest BCUT2D eigenvalue weighted by molar-refractivity contribution is 7.22. The summed E-state index contributed by atoms with van der Waals surface area (Å²) in [6.07, 6.45) is 1.63. The van der Waals surface area contributed by atoms with Gasteiger partial charge in [0.05, 0.1) is 23.9 Å². The summed E-state index contributed by atoms with van der Waals surface area (Å²) in [6, 6.07) is 10.8. The van der Waals surface area contributed by atoms with E-state index in [4.69, 9.17) is 37.4 Å². The minimum absolute atomic E-state index is 0.153. The lowest BCUT2D eigenvalue weighted by atomic mass is 10.2. The van der Waals surface area contributed by atoms with Crippen molar-refractivity contribution in [2.24, 2.45) is 4.99 Å². The maximum absolute atomic E-state index is 12.3. The van der Waals surface area contributed by atoms with Crippen LogP contribution in [0.1, 0.15) is 10.4 Å². The third-order valence-electron chi connectivity index (χ3n) is 4.13. The van der Waals surface area contributed by atoms with E-state index in [1.54, 1.807) is 32.4 Å². The van der Waals surface area contributed by atoms with Gasteiger partial charge in [-0.25, -0.2) is 9.79 Å². The molecule has 0 fully saturated rings. The predicted molar refractivity (Wildman–Crippen MR) is 112 cm³/mol. The van der Waals surface area contributed by atoms with E-state index in [1.165, 1.54) is 11.3 Å². The fourth-order valence-electron chi connectivity index (χ4n) is 2.77. The van der Waals surface area contributed by atoms with Crippen LogP contribution in [0.2, 0.25) is 10.0 Å². The van der Waals surface area contributed by atoms with Crippen molar-refractivity contribution in [1.82, 2.24) is 0 Å². The number of nitrogens with zero attached hydrogens (tertiary/aromatic N) is 1. The highest BCUT2D eigenvalue weighted by atomic mass is 35.5. The van der Waals surface area contributed by atoms with Gasteiger partial charge in [-0.3, -0.25) is 0 Å². The zero-order valence-electron chi connectivity index (χ0n) is 14.8. The predicted octanol–water partition coefficient (Wildman–Crippen LogP) is 5.57. The van der Waals surface area contributed by atoms with Crippen LogP contribution in [-0.2, 0) is 9.53 Å². The van der Waals surface area contributed by atoms with Gasteiger partial charge in [-0.1, -0.05) is 35.3 Å². The fraction of sp³-hybridized carbons (Fsp3) is 0.100. The summed E-state index contributed by atoms with van der Waals surface area (Å²) in [7, 11) is 3.12. The van der Waals surface area contributed by atoms with Crippen LogP contribution in [0, 0.1) is 0 Å². The number of esters is 1. The van der Waals surface area contributed by atoms with Gasteiger partial charge in [0.2, 0.25) is 5.90 Å². The number of cyclic esters (lactones) is 1. The standard InChI is InChI=1S/C20H13Cl2NO4S/c1-25-11-5-3-4-10(8-11)9-13-20(24)27-19(23-13)18-15(21)12-6-7-14(26-2)16(22)17(12)28-18/h3-9H,1-2H3/b13-9-. The van der Waals surface area contributed by atoms with E-state index >= 15 is 0 Å². The summed E-state index contributed by atoms with van der Waals surface area (Å²) >= 11 is 14.2. The first-order chi connectivity index (χ1) is 13.5. The molecular weight excluding hydrogens is 421 g/mol. The van der Waals surface area contributed by atoms with Crippen molar-refractivity contribution < 1.29 is 19.0 Å². The van der Waals surface area contributed by atoms with Gasteiger partial charge in [0.25, 0.3) is 0 Å². The molecule has 5 nitrogen and oxygen atoms in total. The SMILES string of the molecule is COc1cccc(/C=C2\N=C(c3sc4c(Cl)c(OC)ccc4c3Cl)OC2=O)c1. The van der Waals surface area contributed by atoms with Crippen LogP contribution in [0.25, 0.3) is 16.2 Å². The summed E-state index contributed by atoms with van der Waals surface area (Å²) in [5.74, 6) is 0.832. The number of halogens is 2. The molecule has 2 heterocycles. The molecule has 0 saturated heterocycles. The van der Waals surface area contributed by atoms with Crippen molar-refractivity contribution in [3.63, 3.8) is 0 Å². The van der Waals surface area contributed by atoms with E-state index in [0.29, 0.717) is 26.4 Å². The minimum Gasteiger partial charge on any atom is -0.497 e. The average molecular weight is 434 g/mol. The molecule has 1 aliphatic rings. The van der Waals surface area contributed by atoms with Crippen molar-refractivity contribution in [3.8, 4) is 11.5 Å². The van der Waals surface area contributed by atoms with E-state index in [2.05, 4.69) is 4.99 Å². The van der Waals surface area contributed by atoms with Gasteiger partial charge in [0.15, 0.2) is 5.70 Å². The number of rotatable bonds is 4. The number of carbonyl (C=O) groups excluding carboxylic acids is 1. The fourth-order valence-corrected chi connectivity index (χ4v) is 4.59. The molecule has 0 amide bonds. The quantitative estimate of drug-likeness (QED) is 0.398. The third-order valence-corrected chi connectivity index (χ3v) is 6.34. The number of benzene rings is 2. The number of thiophene rings is 1. The van der Waals surface area contributed by atoms with Crippen molar-refractivity contribution in [3.05, 3.63) is 62.6 Å². The Morgan fingerprint density at radius 2 is 1.93 bits per heavy atom. The smallest absolute Gasteiger partial charge is 0.363 e. The van der Waals surface area contributed by atoms with Crippen LogP contribution >= 0.6 is 34.5 Å². The Kier molecular flexibility index (Phi) is 5.02. The Balaban J connectivity index is 1.76. The van der Waals surface area contributed by atoms with Crippen molar-refractivity contribution in [2.45, 2.75) is 0 Å². The zero-order chi connectivity index (χ0) is 19.8. The lowest BCUT2D eigenvalue weighted by molar-refractivity contribution is -0.129. The molecule has 142 valence electrons. The second-order valence-electron chi connectivity index (χ2n) is 5.82. The third kappa shape index (κ3) is 3.24. The average Bonchev–Trinajstić information content (AvgIpc) is 3.23. The lowest BCUT2D eigenvalue weighted by Gasteiger charge is -2.02. The zero-order valence-corrected chi connectivity index (χ0v) is 17.1. The molecule has 0 spiro atoms. The number of methoxy groups -OCH3 is 2. The molecule has 1 aliphatic heterocycles.